The first-order valence-electron chi connectivity index (χ1n) is 4.22. The van der Waals surface area contributed by atoms with E-state index in [0.29, 0.717) is 0 Å². The van der Waals surface area contributed by atoms with Crippen LogP contribution in [0.25, 0.3) is 0 Å². The van der Waals surface area contributed by atoms with Crippen molar-refractivity contribution in [1.82, 2.24) is 10.2 Å². The first-order chi connectivity index (χ1) is 5.84. The lowest BCUT2D eigenvalue weighted by Gasteiger charge is -2.29. The van der Waals surface area contributed by atoms with Crippen molar-refractivity contribution in [3.63, 3.8) is 0 Å². The van der Waals surface area contributed by atoms with Crippen LogP contribution in [0.2, 0.25) is 0 Å². The van der Waals surface area contributed by atoms with Crippen molar-refractivity contribution < 1.29 is 9.59 Å². The number of carbonyl (C=O) groups is 2. The quantitative estimate of drug-likeness (QED) is 0.581. The smallest absolute Gasteiger partial charge is 0.241 e. The maximum absolute atomic E-state index is 11.5. The van der Waals surface area contributed by atoms with Crippen molar-refractivity contribution in [1.29, 1.82) is 0 Å². The first kappa shape index (κ1) is 9.98. The van der Waals surface area contributed by atoms with Gasteiger partial charge in [-0.15, -0.1) is 0 Å². The molecule has 0 saturated carbocycles. The Morgan fingerprint density at radius 3 is 2.54 bits per heavy atom. The van der Waals surface area contributed by atoms with Gasteiger partial charge in [-0.25, -0.2) is 0 Å². The van der Waals surface area contributed by atoms with Crippen molar-refractivity contribution in [2.24, 2.45) is 5.73 Å². The average Bonchev–Trinajstić information content (AvgIpc) is 2.12. The molecule has 0 aromatic heterocycles. The number of hydrogen-bond acceptors (Lipinski definition) is 3. The van der Waals surface area contributed by atoms with Gasteiger partial charge in [0.25, 0.3) is 0 Å². The molecule has 1 heterocycles. The summed E-state index contributed by atoms with van der Waals surface area (Å²) in [5, 5.41) is 3.07. The number of hydrogen-bond donors (Lipinski definition) is 2. The molecule has 5 nitrogen and oxygen atoms in total. The van der Waals surface area contributed by atoms with Gasteiger partial charge in [0, 0.05) is 0 Å². The molecule has 1 fully saturated rings. The van der Waals surface area contributed by atoms with Crippen LogP contribution in [0, 0.1) is 0 Å². The number of nitrogens with one attached hydrogen (secondary N) is 1. The highest BCUT2D eigenvalue weighted by Crippen LogP contribution is 2.19. The summed E-state index contributed by atoms with van der Waals surface area (Å²) in [7, 11) is 0. The van der Waals surface area contributed by atoms with Crippen LogP contribution >= 0.6 is 0 Å². The van der Waals surface area contributed by atoms with Gasteiger partial charge >= 0.3 is 0 Å². The van der Waals surface area contributed by atoms with E-state index in [1.54, 1.807) is 6.92 Å². The predicted octanol–water partition coefficient (Wildman–Crippen LogP) is -0.972. The molecule has 2 amide bonds. The molecule has 0 aliphatic carbocycles. The number of carbonyl (C=O) groups excluding carboxylic acids is 2. The molecule has 0 spiro atoms. The van der Waals surface area contributed by atoms with Gasteiger partial charge in [-0.1, -0.05) is 0 Å². The van der Waals surface area contributed by atoms with E-state index >= 15 is 0 Å². The largest absolute Gasteiger partial charge is 0.368 e. The monoisotopic (exact) mass is 185 g/mol. The van der Waals surface area contributed by atoms with Gasteiger partial charge < -0.3 is 10.6 Å². The van der Waals surface area contributed by atoms with Crippen LogP contribution in [0.1, 0.15) is 20.8 Å². The second-order valence-corrected chi connectivity index (χ2v) is 3.82. The Balaban J connectivity index is 2.81. The molecule has 1 rings (SSSR count). The maximum Gasteiger partial charge on any atom is 0.241 e. The van der Waals surface area contributed by atoms with Crippen molar-refractivity contribution in [2.75, 3.05) is 6.54 Å². The predicted molar refractivity (Wildman–Crippen MR) is 47.6 cm³/mol. The second kappa shape index (κ2) is 2.99. The molecule has 1 aliphatic rings. The summed E-state index contributed by atoms with van der Waals surface area (Å²) < 4.78 is 0. The van der Waals surface area contributed by atoms with E-state index in [4.69, 9.17) is 5.73 Å². The summed E-state index contributed by atoms with van der Waals surface area (Å²) in [4.78, 5) is 23.7. The van der Waals surface area contributed by atoms with Gasteiger partial charge in [0.2, 0.25) is 11.8 Å². The van der Waals surface area contributed by atoms with Crippen molar-refractivity contribution in [2.45, 2.75) is 32.5 Å². The van der Waals surface area contributed by atoms with Crippen LogP contribution in [0.3, 0.4) is 0 Å². The molecule has 74 valence electrons. The summed E-state index contributed by atoms with van der Waals surface area (Å²) in [6.45, 7) is 5.43. The molecule has 0 aromatic carbocycles. The van der Waals surface area contributed by atoms with E-state index in [1.807, 2.05) is 13.8 Å². The summed E-state index contributed by atoms with van der Waals surface area (Å²) in [6.07, 6.45) is 0. The van der Waals surface area contributed by atoms with Crippen molar-refractivity contribution in [3.8, 4) is 0 Å². The lowest BCUT2D eigenvalue weighted by molar-refractivity contribution is -0.135. The molecule has 0 aromatic rings. The molecular formula is C8H15N3O2. The van der Waals surface area contributed by atoms with Crippen molar-refractivity contribution >= 4 is 11.8 Å². The normalized spacial score (nSPS) is 26.5. The van der Waals surface area contributed by atoms with Crippen LogP contribution in [0.4, 0.5) is 0 Å². The number of nitrogens with zero attached hydrogens (tertiary/aromatic N) is 1. The number of amides is 2. The SMILES string of the molecule is CC1NC(C)(C)N(CC(N)=O)C1=O. The Morgan fingerprint density at radius 2 is 2.23 bits per heavy atom. The Bertz CT molecular complexity index is 250. The molecule has 1 atom stereocenters. The number of rotatable bonds is 2. The molecule has 13 heavy (non-hydrogen) atoms. The zero-order valence-corrected chi connectivity index (χ0v) is 8.13. The third-order valence-corrected chi connectivity index (χ3v) is 2.19. The fourth-order valence-electron chi connectivity index (χ4n) is 1.61. The molecule has 0 bridgehead atoms. The Labute approximate surface area is 77.3 Å². The fraction of sp³-hybridized carbons (Fsp3) is 0.750. The topological polar surface area (TPSA) is 75.4 Å². The Kier molecular flexibility index (Phi) is 2.30. The zero-order valence-electron chi connectivity index (χ0n) is 8.13. The third-order valence-electron chi connectivity index (χ3n) is 2.19. The zero-order chi connectivity index (χ0) is 10.2. The summed E-state index contributed by atoms with van der Waals surface area (Å²) >= 11 is 0. The van der Waals surface area contributed by atoms with Gasteiger partial charge in [-0.05, 0) is 20.8 Å². The lowest BCUT2D eigenvalue weighted by Crippen LogP contribution is -2.50. The number of primary amides is 1. The van der Waals surface area contributed by atoms with Crippen LogP contribution in [-0.4, -0.2) is 35.0 Å². The van der Waals surface area contributed by atoms with Crippen molar-refractivity contribution in [3.05, 3.63) is 0 Å². The summed E-state index contributed by atoms with van der Waals surface area (Å²) in [5.41, 5.74) is 4.56. The van der Waals surface area contributed by atoms with E-state index in [1.165, 1.54) is 4.90 Å². The maximum atomic E-state index is 11.5. The van der Waals surface area contributed by atoms with Gasteiger partial charge in [-0.3, -0.25) is 14.9 Å². The minimum absolute atomic E-state index is 0.0246. The molecule has 5 heteroatoms. The summed E-state index contributed by atoms with van der Waals surface area (Å²) in [6, 6.07) is -0.241. The van der Waals surface area contributed by atoms with E-state index in [-0.39, 0.29) is 18.5 Å². The minimum atomic E-state index is -0.489. The minimum Gasteiger partial charge on any atom is -0.368 e. The van der Waals surface area contributed by atoms with Crippen LogP contribution < -0.4 is 11.1 Å². The van der Waals surface area contributed by atoms with Crippen LogP contribution in [0.15, 0.2) is 0 Å². The van der Waals surface area contributed by atoms with Crippen LogP contribution in [0.5, 0.6) is 0 Å². The lowest BCUT2D eigenvalue weighted by atomic mass is 10.2. The van der Waals surface area contributed by atoms with Gasteiger partial charge in [-0.2, -0.15) is 0 Å². The molecule has 3 N–H and O–H groups in total. The highest BCUT2D eigenvalue weighted by atomic mass is 16.2. The Hall–Kier alpha value is -1.10. The molecule has 1 unspecified atom stereocenters. The van der Waals surface area contributed by atoms with E-state index in [9.17, 15) is 9.59 Å². The van der Waals surface area contributed by atoms with Crippen LogP contribution in [-0.2, 0) is 9.59 Å². The highest BCUT2D eigenvalue weighted by Gasteiger charge is 2.42. The van der Waals surface area contributed by atoms with Gasteiger partial charge in [0.05, 0.1) is 11.7 Å². The van der Waals surface area contributed by atoms with E-state index in [2.05, 4.69) is 5.32 Å². The van der Waals surface area contributed by atoms with E-state index in [0.717, 1.165) is 0 Å². The van der Waals surface area contributed by atoms with Gasteiger partial charge in [0.15, 0.2) is 0 Å². The third kappa shape index (κ3) is 1.80. The van der Waals surface area contributed by atoms with E-state index < -0.39 is 11.6 Å². The second-order valence-electron chi connectivity index (χ2n) is 3.82. The Morgan fingerprint density at radius 1 is 1.69 bits per heavy atom. The first-order valence-corrected chi connectivity index (χ1v) is 4.22. The summed E-state index contributed by atoms with van der Waals surface area (Å²) in [5.74, 6) is -0.568. The molecular weight excluding hydrogens is 170 g/mol. The molecule has 1 saturated heterocycles. The average molecular weight is 185 g/mol. The fourth-order valence-corrected chi connectivity index (χ4v) is 1.61. The highest BCUT2D eigenvalue weighted by molar-refractivity contribution is 5.89. The molecule has 1 aliphatic heterocycles. The molecule has 0 radical (unpaired) electrons. The number of nitrogens with two attached hydrogens (primary N) is 1. The standard InChI is InChI=1S/C8H15N3O2/c1-5-7(13)11(4-6(9)12)8(2,3)10-5/h5,10H,4H2,1-3H3,(H2,9,12). The van der Waals surface area contributed by atoms with Gasteiger partial charge in [0.1, 0.15) is 6.54 Å².